The monoisotopic (exact) mass is 265 g/mol. The molecule has 0 saturated carbocycles. The molecule has 7 heteroatoms. The van der Waals surface area contributed by atoms with E-state index in [1.165, 1.54) is 4.31 Å². The van der Waals surface area contributed by atoms with E-state index in [0.717, 1.165) is 0 Å². The highest BCUT2D eigenvalue weighted by atomic mass is 32.2. The molecule has 1 unspecified atom stereocenters. The van der Waals surface area contributed by atoms with Crippen molar-refractivity contribution in [2.24, 2.45) is 0 Å². The van der Waals surface area contributed by atoms with Gasteiger partial charge in [0.05, 0.1) is 11.4 Å². The maximum absolute atomic E-state index is 11.9. The van der Waals surface area contributed by atoms with Crippen LogP contribution in [0.25, 0.3) is 0 Å². The van der Waals surface area contributed by atoms with Gasteiger partial charge in [0.25, 0.3) is 0 Å². The van der Waals surface area contributed by atoms with Crippen LogP contribution in [0.4, 0.5) is 0 Å². The first kappa shape index (κ1) is 14.4. The minimum atomic E-state index is -3.44. The smallest absolute Gasteiger partial charge is 0.303 e. The fourth-order valence-electron chi connectivity index (χ4n) is 1.95. The molecule has 17 heavy (non-hydrogen) atoms. The van der Waals surface area contributed by atoms with Crippen LogP contribution < -0.4 is 0 Å². The summed E-state index contributed by atoms with van der Waals surface area (Å²) in [5.74, 6) is -1.17. The second kappa shape index (κ2) is 5.32. The molecule has 1 heterocycles. The van der Waals surface area contributed by atoms with Crippen LogP contribution in [0.15, 0.2) is 0 Å². The minimum Gasteiger partial charge on any atom is -0.481 e. The van der Waals surface area contributed by atoms with Crippen LogP contribution in [0.3, 0.4) is 0 Å². The Morgan fingerprint density at radius 2 is 2.12 bits per heavy atom. The molecule has 100 valence electrons. The standard InChI is InChI=1S/C10H19NO5S/c1-10(14)5-3-6-11(8-10)17(15,16)7-2-4-9(12)13/h14H,2-8H2,1H3,(H,12,13). The highest BCUT2D eigenvalue weighted by Crippen LogP contribution is 2.22. The predicted octanol–water partition coefficient (Wildman–Crippen LogP) is 0.0278. The van der Waals surface area contributed by atoms with Gasteiger partial charge in [-0.2, -0.15) is 4.31 Å². The molecule has 0 aliphatic carbocycles. The first-order valence-corrected chi connectivity index (χ1v) is 7.26. The molecule has 0 radical (unpaired) electrons. The zero-order chi connectivity index (χ0) is 13.1. The van der Waals surface area contributed by atoms with Gasteiger partial charge in [-0.3, -0.25) is 4.79 Å². The van der Waals surface area contributed by atoms with Gasteiger partial charge in [0, 0.05) is 19.5 Å². The molecule has 2 N–H and O–H groups in total. The summed E-state index contributed by atoms with van der Waals surface area (Å²) in [6, 6.07) is 0. The molecule has 1 aliphatic heterocycles. The lowest BCUT2D eigenvalue weighted by Crippen LogP contribution is -2.49. The summed E-state index contributed by atoms with van der Waals surface area (Å²) in [7, 11) is -3.44. The maximum Gasteiger partial charge on any atom is 0.303 e. The average molecular weight is 265 g/mol. The lowest BCUT2D eigenvalue weighted by molar-refractivity contribution is -0.137. The Bertz CT molecular complexity index is 376. The zero-order valence-electron chi connectivity index (χ0n) is 9.92. The summed E-state index contributed by atoms with van der Waals surface area (Å²) in [5, 5.41) is 18.3. The molecule has 0 aromatic heterocycles. The van der Waals surface area contributed by atoms with Gasteiger partial charge in [0.1, 0.15) is 0 Å². The number of piperidine rings is 1. The SMILES string of the molecule is CC1(O)CCCN(S(=O)(=O)CCCC(=O)O)C1. The highest BCUT2D eigenvalue weighted by Gasteiger charge is 2.34. The fraction of sp³-hybridized carbons (Fsp3) is 0.900. The Kier molecular flexibility index (Phi) is 4.51. The Labute approximate surface area is 101 Å². The summed E-state index contributed by atoms with van der Waals surface area (Å²) >= 11 is 0. The number of sulfonamides is 1. The van der Waals surface area contributed by atoms with Crippen molar-refractivity contribution in [2.75, 3.05) is 18.8 Å². The van der Waals surface area contributed by atoms with Gasteiger partial charge < -0.3 is 10.2 Å². The third kappa shape index (κ3) is 4.61. The van der Waals surface area contributed by atoms with Crippen LogP contribution in [-0.4, -0.2) is 53.3 Å². The van der Waals surface area contributed by atoms with Crippen molar-refractivity contribution in [3.05, 3.63) is 0 Å². The van der Waals surface area contributed by atoms with Crippen LogP contribution in [0.2, 0.25) is 0 Å². The Morgan fingerprint density at radius 3 is 2.65 bits per heavy atom. The molecular formula is C10H19NO5S. The number of hydrogen-bond donors (Lipinski definition) is 2. The highest BCUT2D eigenvalue weighted by molar-refractivity contribution is 7.89. The van der Waals surface area contributed by atoms with E-state index < -0.39 is 21.6 Å². The number of β-amino-alcohol motifs (C(OH)–C–C–N with tert-alkyl or cyclic N) is 1. The zero-order valence-corrected chi connectivity index (χ0v) is 10.7. The quantitative estimate of drug-likeness (QED) is 0.731. The Morgan fingerprint density at radius 1 is 1.47 bits per heavy atom. The van der Waals surface area contributed by atoms with E-state index in [9.17, 15) is 18.3 Å². The summed E-state index contributed by atoms with van der Waals surface area (Å²) in [5.41, 5.74) is -0.974. The summed E-state index contributed by atoms with van der Waals surface area (Å²) in [6.45, 7) is 2.12. The molecule has 0 spiro atoms. The van der Waals surface area contributed by atoms with E-state index in [0.29, 0.717) is 19.4 Å². The number of carboxylic acids is 1. The van der Waals surface area contributed by atoms with Crippen molar-refractivity contribution in [3.8, 4) is 0 Å². The second-order valence-electron chi connectivity index (χ2n) is 4.75. The van der Waals surface area contributed by atoms with Gasteiger partial charge in [-0.25, -0.2) is 8.42 Å². The summed E-state index contributed by atoms with van der Waals surface area (Å²) in [6.07, 6.45) is 1.18. The maximum atomic E-state index is 11.9. The second-order valence-corrected chi connectivity index (χ2v) is 6.84. The third-order valence-electron chi connectivity index (χ3n) is 2.83. The van der Waals surface area contributed by atoms with E-state index >= 15 is 0 Å². The van der Waals surface area contributed by atoms with Gasteiger partial charge in [0.2, 0.25) is 10.0 Å². The van der Waals surface area contributed by atoms with Gasteiger partial charge in [-0.1, -0.05) is 0 Å². The number of aliphatic hydroxyl groups is 1. The molecule has 0 aromatic rings. The van der Waals surface area contributed by atoms with Crippen molar-refractivity contribution in [3.63, 3.8) is 0 Å². The summed E-state index contributed by atoms with van der Waals surface area (Å²) in [4.78, 5) is 10.3. The van der Waals surface area contributed by atoms with Gasteiger partial charge >= 0.3 is 5.97 Å². The van der Waals surface area contributed by atoms with Crippen molar-refractivity contribution >= 4 is 16.0 Å². The van der Waals surface area contributed by atoms with Crippen LogP contribution in [0, 0.1) is 0 Å². The molecule has 0 bridgehead atoms. The third-order valence-corrected chi connectivity index (χ3v) is 4.73. The summed E-state index contributed by atoms with van der Waals surface area (Å²) < 4.78 is 25.0. The molecule has 0 amide bonds. The number of aliphatic carboxylic acids is 1. The molecule has 1 atom stereocenters. The molecule has 1 rings (SSSR count). The van der Waals surface area contributed by atoms with E-state index in [-0.39, 0.29) is 25.1 Å². The molecule has 0 aromatic carbocycles. The number of carboxylic acid groups (broad SMARTS) is 1. The largest absolute Gasteiger partial charge is 0.481 e. The van der Waals surface area contributed by atoms with Crippen LogP contribution >= 0.6 is 0 Å². The molecule has 1 aliphatic rings. The Balaban J connectivity index is 2.55. The van der Waals surface area contributed by atoms with Gasteiger partial charge in [-0.05, 0) is 26.2 Å². The van der Waals surface area contributed by atoms with Crippen LogP contribution in [0.1, 0.15) is 32.6 Å². The molecule has 1 saturated heterocycles. The van der Waals surface area contributed by atoms with Crippen LogP contribution in [-0.2, 0) is 14.8 Å². The van der Waals surface area contributed by atoms with Crippen molar-refractivity contribution in [2.45, 2.75) is 38.2 Å². The lowest BCUT2D eigenvalue weighted by atomic mass is 9.97. The van der Waals surface area contributed by atoms with Crippen LogP contribution in [0.5, 0.6) is 0 Å². The lowest BCUT2D eigenvalue weighted by Gasteiger charge is -2.35. The normalized spacial score (nSPS) is 26.9. The van der Waals surface area contributed by atoms with E-state index in [1.54, 1.807) is 6.92 Å². The van der Waals surface area contributed by atoms with Crippen molar-refractivity contribution in [1.82, 2.24) is 4.31 Å². The first-order valence-electron chi connectivity index (χ1n) is 5.65. The number of nitrogens with zero attached hydrogens (tertiary/aromatic N) is 1. The van der Waals surface area contributed by atoms with E-state index in [4.69, 9.17) is 5.11 Å². The molecule has 6 nitrogen and oxygen atoms in total. The van der Waals surface area contributed by atoms with E-state index in [1.807, 2.05) is 0 Å². The topological polar surface area (TPSA) is 94.9 Å². The average Bonchev–Trinajstić information content (AvgIpc) is 2.15. The van der Waals surface area contributed by atoms with Crippen molar-refractivity contribution in [1.29, 1.82) is 0 Å². The number of carbonyl (C=O) groups is 1. The number of hydrogen-bond acceptors (Lipinski definition) is 4. The first-order chi connectivity index (χ1) is 7.73. The van der Waals surface area contributed by atoms with Gasteiger partial charge in [0.15, 0.2) is 0 Å². The fourth-order valence-corrected chi connectivity index (χ4v) is 3.60. The Hall–Kier alpha value is -0.660. The predicted molar refractivity (Wildman–Crippen MR) is 62.1 cm³/mol. The minimum absolute atomic E-state index is 0.0996. The van der Waals surface area contributed by atoms with Gasteiger partial charge in [-0.15, -0.1) is 0 Å². The van der Waals surface area contributed by atoms with E-state index in [2.05, 4.69) is 0 Å². The van der Waals surface area contributed by atoms with Crippen molar-refractivity contribution < 1.29 is 23.4 Å². The number of rotatable bonds is 5. The molecular weight excluding hydrogens is 246 g/mol. The molecule has 1 fully saturated rings.